The van der Waals surface area contributed by atoms with E-state index < -0.39 is 5.54 Å². The molecule has 1 aliphatic carbocycles. The Morgan fingerprint density at radius 1 is 1.69 bits per heavy atom. The van der Waals surface area contributed by atoms with Crippen molar-refractivity contribution in [3.8, 4) is 0 Å². The summed E-state index contributed by atoms with van der Waals surface area (Å²) in [6.07, 6.45) is 4.11. The van der Waals surface area contributed by atoms with Gasteiger partial charge in [0.15, 0.2) is 0 Å². The van der Waals surface area contributed by atoms with E-state index in [2.05, 4.69) is 5.32 Å². The number of nitrogens with one attached hydrogen (secondary N) is 1. The molecule has 1 unspecified atom stereocenters. The van der Waals surface area contributed by atoms with Gasteiger partial charge in [0.25, 0.3) is 0 Å². The maximum absolute atomic E-state index is 11.9. The van der Waals surface area contributed by atoms with Gasteiger partial charge < -0.3 is 15.6 Å². The van der Waals surface area contributed by atoms with Gasteiger partial charge in [0, 0.05) is 18.9 Å². The normalized spacial score (nSPS) is 19.2. The fraction of sp³-hybridized carbons (Fsp3) is 0.583. The molecule has 1 aromatic rings. The van der Waals surface area contributed by atoms with Crippen molar-refractivity contribution in [2.45, 2.75) is 31.8 Å². The first kappa shape index (κ1) is 11.2. The van der Waals surface area contributed by atoms with E-state index in [0.29, 0.717) is 12.5 Å². The average Bonchev–Trinajstić information content (AvgIpc) is 3.01. The minimum Gasteiger partial charge on any atom is -0.353 e. The molecule has 0 radical (unpaired) electrons. The van der Waals surface area contributed by atoms with Gasteiger partial charge >= 0.3 is 0 Å². The predicted octanol–water partition coefficient (Wildman–Crippen LogP) is 0.769. The fourth-order valence-corrected chi connectivity index (χ4v) is 1.91. The molecule has 0 bridgehead atoms. The number of aromatic nitrogens is 1. The van der Waals surface area contributed by atoms with E-state index in [9.17, 15) is 4.79 Å². The minimum atomic E-state index is -0.703. The van der Waals surface area contributed by atoms with Crippen LogP contribution in [0.3, 0.4) is 0 Å². The van der Waals surface area contributed by atoms with Crippen molar-refractivity contribution in [3.05, 3.63) is 24.0 Å². The van der Waals surface area contributed by atoms with E-state index in [1.807, 2.05) is 36.9 Å². The third-order valence-electron chi connectivity index (χ3n) is 3.40. The number of nitrogens with two attached hydrogens (primary N) is 1. The number of aryl methyl sites for hydroxylation is 1. The van der Waals surface area contributed by atoms with Gasteiger partial charge in [0.1, 0.15) is 0 Å². The Balaban J connectivity index is 1.91. The highest BCUT2D eigenvalue weighted by atomic mass is 16.2. The van der Waals surface area contributed by atoms with Crippen LogP contribution < -0.4 is 11.1 Å². The van der Waals surface area contributed by atoms with Crippen molar-refractivity contribution < 1.29 is 4.79 Å². The Bertz CT molecular complexity index is 391. The second-order valence-electron chi connectivity index (χ2n) is 4.85. The van der Waals surface area contributed by atoms with Gasteiger partial charge in [-0.25, -0.2) is 0 Å². The lowest BCUT2D eigenvalue weighted by Crippen LogP contribution is -2.53. The highest BCUT2D eigenvalue weighted by Gasteiger charge is 2.43. The summed E-state index contributed by atoms with van der Waals surface area (Å²) in [6, 6.07) is 3.95. The van der Waals surface area contributed by atoms with Crippen LogP contribution in [0, 0.1) is 5.92 Å². The topological polar surface area (TPSA) is 60.0 Å². The van der Waals surface area contributed by atoms with Crippen LogP contribution in [-0.2, 0) is 18.4 Å². The maximum Gasteiger partial charge on any atom is 0.240 e. The number of hydrogen-bond acceptors (Lipinski definition) is 2. The number of amides is 1. The first-order valence-electron chi connectivity index (χ1n) is 5.69. The van der Waals surface area contributed by atoms with Gasteiger partial charge in [-0.3, -0.25) is 4.79 Å². The summed E-state index contributed by atoms with van der Waals surface area (Å²) in [6.45, 7) is 2.37. The van der Waals surface area contributed by atoms with Crippen molar-refractivity contribution in [1.82, 2.24) is 9.88 Å². The monoisotopic (exact) mass is 221 g/mol. The molecule has 88 valence electrons. The molecule has 1 amide bonds. The smallest absolute Gasteiger partial charge is 0.240 e. The number of carbonyl (C=O) groups excluding carboxylic acids is 1. The highest BCUT2D eigenvalue weighted by Crippen LogP contribution is 2.38. The van der Waals surface area contributed by atoms with E-state index in [1.54, 1.807) is 0 Å². The number of hydrogen-bond donors (Lipinski definition) is 2. The van der Waals surface area contributed by atoms with Crippen molar-refractivity contribution >= 4 is 5.91 Å². The Morgan fingerprint density at radius 3 is 2.88 bits per heavy atom. The molecular weight excluding hydrogens is 202 g/mol. The van der Waals surface area contributed by atoms with Gasteiger partial charge in [-0.2, -0.15) is 0 Å². The summed E-state index contributed by atoms with van der Waals surface area (Å²) in [5, 5.41) is 2.90. The Kier molecular flexibility index (Phi) is 2.76. The molecule has 0 saturated heterocycles. The summed E-state index contributed by atoms with van der Waals surface area (Å²) < 4.78 is 1.99. The van der Waals surface area contributed by atoms with E-state index in [0.717, 1.165) is 18.5 Å². The summed E-state index contributed by atoms with van der Waals surface area (Å²) in [7, 11) is 1.96. The molecule has 1 atom stereocenters. The molecule has 1 aliphatic rings. The lowest BCUT2D eigenvalue weighted by atomic mass is 9.96. The zero-order valence-corrected chi connectivity index (χ0v) is 9.86. The quantitative estimate of drug-likeness (QED) is 0.789. The zero-order chi connectivity index (χ0) is 11.8. The van der Waals surface area contributed by atoms with Crippen LogP contribution in [0.5, 0.6) is 0 Å². The van der Waals surface area contributed by atoms with Gasteiger partial charge in [0.2, 0.25) is 5.91 Å². The third-order valence-corrected chi connectivity index (χ3v) is 3.40. The van der Waals surface area contributed by atoms with Crippen LogP contribution >= 0.6 is 0 Å². The fourth-order valence-electron chi connectivity index (χ4n) is 1.91. The van der Waals surface area contributed by atoms with Crippen molar-refractivity contribution in [2.75, 3.05) is 0 Å². The zero-order valence-electron chi connectivity index (χ0n) is 9.86. The molecule has 0 spiro atoms. The Hall–Kier alpha value is -1.29. The summed E-state index contributed by atoms with van der Waals surface area (Å²) in [5.41, 5.74) is 6.40. The van der Waals surface area contributed by atoms with E-state index in [1.165, 1.54) is 0 Å². The predicted molar refractivity (Wildman–Crippen MR) is 62.6 cm³/mol. The molecule has 1 fully saturated rings. The highest BCUT2D eigenvalue weighted by molar-refractivity contribution is 5.86. The van der Waals surface area contributed by atoms with E-state index in [4.69, 9.17) is 5.73 Å². The average molecular weight is 221 g/mol. The summed E-state index contributed by atoms with van der Waals surface area (Å²) in [4.78, 5) is 11.9. The number of rotatable bonds is 4. The molecular formula is C12H19N3O. The second-order valence-corrected chi connectivity index (χ2v) is 4.85. The first-order chi connectivity index (χ1) is 7.51. The largest absolute Gasteiger partial charge is 0.353 e. The molecule has 2 rings (SSSR count). The van der Waals surface area contributed by atoms with Crippen LogP contribution in [0.1, 0.15) is 25.5 Å². The lowest BCUT2D eigenvalue weighted by Gasteiger charge is -2.23. The summed E-state index contributed by atoms with van der Waals surface area (Å²) in [5.74, 6) is 0.317. The Labute approximate surface area is 95.8 Å². The maximum atomic E-state index is 11.9. The van der Waals surface area contributed by atoms with Crippen LogP contribution in [0.15, 0.2) is 18.3 Å². The standard InChI is InChI=1S/C12H19N3O/c1-12(13,9-5-6-9)11(16)14-8-10-4-3-7-15(10)2/h3-4,7,9H,5-6,8,13H2,1-2H3,(H,14,16). The van der Waals surface area contributed by atoms with Crippen LogP contribution in [0.25, 0.3) is 0 Å². The molecule has 4 nitrogen and oxygen atoms in total. The summed E-state index contributed by atoms with van der Waals surface area (Å²) >= 11 is 0. The van der Waals surface area contributed by atoms with Gasteiger partial charge in [-0.1, -0.05) is 0 Å². The number of carbonyl (C=O) groups is 1. The van der Waals surface area contributed by atoms with E-state index >= 15 is 0 Å². The second kappa shape index (κ2) is 3.94. The van der Waals surface area contributed by atoms with Gasteiger partial charge in [-0.05, 0) is 37.8 Å². The molecule has 0 aliphatic heterocycles. The minimum absolute atomic E-state index is 0.0452. The van der Waals surface area contributed by atoms with Crippen LogP contribution in [0.4, 0.5) is 0 Å². The Morgan fingerprint density at radius 2 is 2.38 bits per heavy atom. The molecule has 0 aromatic carbocycles. The van der Waals surface area contributed by atoms with Crippen molar-refractivity contribution in [2.24, 2.45) is 18.7 Å². The lowest BCUT2D eigenvalue weighted by molar-refractivity contribution is -0.126. The van der Waals surface area contributed by atoms with Gasteiger partial charge in [0.05, 0.1) is 12.1 Å². The molecule has 1 aromatic heterocycles. The number of nitrogens with zero attached hydrogens (tertiary/aromatic N) is 1. The molecule has 3 N–H and O–H groups in total. The van der Waals surface area contributed by atoms with Crippen molar-refractivity contribution in [1.29, 1.82) is 0 Å². The van der Waals surface area contributed by atoms with Crippen LogP contribution in [0.2, 0.25) is 0 Å². The van der Waals surface area contributed by atoms with Gasteiger partial charge in [-0.15, -0.1) is 0 Å². The third kappa shape index (κ3) is 2.11. The SMILES string of the molecule is Cn1cccc1CNC(=O)C(C)(N)C1CC1. The molecule has 1 heterocycles. The molecule has 16 heavy (non-hydrogen) atoms. The van der Waals surface area contributed by atoms with Crippen molar-refractivity contribution in [3.63, 3.8) is 0 Å². The molecule has 1 saturated carbocycles. The molecule has 4 heteroatoms. The van der Waals surface area contributed by atoms with Crippen LogP contribution in [-0.4, -0.2) is 16.0 Å². The first-order valence-corrected chi connectivity index (χ1v) is 5.69. The van der Waals surface area contributed by atoms with E-state index in [-0.39, 0.29) is 5.91 Å².